The number of halogens is 6. The van der Waals surface area contributed by atoms with E-state index in [1.54, 1.807) is 0 Å². The molecule has 1 atom stereocenters. The highest BCUT2D eigenvalue weighted by Crippen LogP contribution is 2.38. The summed E-state index contributed by atoms with van der Waals surface area (Å²) in [6.07, 6.45) is -11.6. The van der Waals surface area contributed by atoms with Gasteiger partial charge in [0.1, 0.15) is 5.75 Å². The van der Waals surface area contributed by atoms with Crippen molar-refractivity contribution in [3.05, 3.63) is 29.3 Å². The highest BCUT2D eigenvalue weighted by molar-refractivity contribution is 5.72. The second kappa shape index (κ2) is 5.22. The first-order valence-corrected chi connectivity index (χ1v) is 5.10. The van der Waals surface area contributed by atoms with Crippen molar-refractivity contribution < 1.29 is 41.0 Å². The number of benzene rings is 1. The molecule has 0 saturated carbocycles. The molecule has 0 bridgehead atoms. The molecule has 0 spiro atoms. The SMILES string of the molecule is CC(Oc1cc(C(F)(F)F)cc(C(F)(F)F)c1)C(=O)O. The fraction of sp³-hybridized carbons (Fsp3) is 0.364. The van der Waals surface area contributed by atoms with Gasteiger partial charge in [0.05, 0.1) is 11.1 Å². The first-order chi connectivity index (χ1) is 8.91. The van der Waals surface area contributed by atoms with E-state index in [1.807, 2.05) is 0 Å². The molecular weight excluding hydrogens is 294 g/mol. The predicted octanol–water partition coefficient (Wildman–Crippen LogP) is 3.58. The minimum Gasteiger partial charge on any atom is -0.479 e. The van der Waals surface area contributed by atoms with Gasteiger partial charge >= 0.3 is 18.3 Å². The smallest absolute Gasteiger partial charge is 0.416 e. The molecular formula is C11H8F6O3. The van der Waals surface area contributed by atoms with Crippen molar-refractivity contribution in [3.8, 4) is 5.75 Å². The van der Waals surface area contributed by atoms with Gasteiger partial charge in [-0.15, -0.1) is 0 Å². The number of carbonyl (C=O) groups is 1. The number of alkyl halides is 6. The molecule has 1 aromatic carbocycles. The van der Waals surface area contributed by atoms with Crippen molar-refractivity contribution in [3.63, 3.8) is 0 Å². The third-order valence-electron chi connectivity index (χ3n) is 2.22. The summed E-state index contributed by atoms with van der Waals surface area (Å²) in [5, 5.41) is 8.53. The van der Waals surface area contributed by atoms with Crippen LogP contribution in [0.2, 0.25) is 0 Å². The maximum absolute atomic E-state index is 12.5. The van der Waals surface area contributed by atoms with E-state index in [0.29, 0.717) is 12.1 Å². The fourth-order valence-corrected chi connectivity index (χ4v) is 1.25. The van der Waals surface area contributed by atoms with Crippen LogP contribution in [0.15, 0.2) is 18.2 Å². The van der Waals surface area contributed by atoms with Crippen molar-refractivity contribution in [2.24, 2.45) is 0 Å². The highest BCUT2D eigenvalue weighted by atomic mass is 19.4. The van der Waals surface area contributed by atoms with Crippen LogP contribution in [0.1, 0.15) is 18.1 Å². The van der Waals surface area contributed by atoms with Gasteiger partial charge in [-0.25, -0.2) is 4.79 Å². The number of carboxylic acid groups (broad SMARTS) is 1. The first kappa shape index (κ1) is 16.1. The van der Waals surface area contributed by atoms with Gasteiger partial charge in [0, 0.05) is 0 Å². The van der Waals surface area contributed by atoms with Crippen LogP contribution in [0, 0.1) is 0 Å². The summed E-state index contributed by atoms with van der Waals surface area (Å²) in [6, 6.07) is 0.557. The Bertz CT molecular complexity index is 474. The van der Waals surface area contributed by atoms with Gasteiger partial charge in [0.15, 0.2) is 6.10 Å². The molecule has 0 amide bonds. The van der Waals surface area contributed by atoms with Crippen LogP contribution in [-0.4, -0.2) is 17.2 Å². The number of aliphatic carboxylic acids is 1. The molecule has 9 heteroatoms. The number of hydrogen-bond donors (Lipinski definition) is 1. The first-order valence-electron chi connectivity index (χ1n) is 5.10. The van der Waals surface area contributed by atoms with Crippen LogP contribution >= 0.6 is 0 Å². The number of rotatable bonds is 3. The molecule has 3 nitrogen and oxygen atoms in total. The van der Waals surface area contributed by atoms with Crippen molar-refractivity contribution in [2.45, 2.75) is 25.4 Å². The zero-order valence-electron chi connectivity index (χ0n) is 9.84. The minimum absolute atomic E-state index is 0.0711. The van der Waals surface area contributed by atoms with Gasteiger partial charge in [-0.1, -0.05) is 0 Å². The number of ether oxygens (including phenoxy) is 1. The average molecular weight is 302 g/mol. The van der Waals surface area contributed by atoms with Crippen LogP contribution in [0.5, 0.6) is 5.75 Å². The zero-order valence-corrected chi connectivity index (χ0v) is 9.84. The summed E-state index contributed by atoms with van der Waals surface area (Å²) in [7, 11) is 0. The molecule has 1 rings (SSSR count). The molecule has 0 aliphatic heterocycles. The van der Waals surface area contributed by atoms with E-state index in [9.17, 15) is 31.1 Å². The Morgan fingerprint density at radius 3 is 1.75 bits per heavy atom. The molecule has 0 fully saturated rings. The van der Waals surface area contributed by atoms with E-state index in [0.717, 1.165) is 6.92 Å². The Morgan fingerprint density at radius 1 is 1.05 bits per heavy atom. The van der Waals surface area contributed by atoms with Crippen LogP contribution < -0.4 is 4.74 Å². The largest absolute Gasteiger partial charge is 0.479 e. The second-order valence-electron chi connectivity index (χ2n) is 3.84. The third kappa shape index (κ3) is 4.04. The maximum atomic E-state index is 12.5. The van der Waals surface area contributed by atoms with Gasteiger partial charge < -0.3 is 9.84 Å². The lowest BCUT2D eigenvalue weighted by molar-refractivity contribution is -0.144. The van der Waals surface area contributed by atoms with Crippen LogP contribution in [0.3, 0.4) is 0 Å². The van der Waals surface area contributed by atoms with Gasteiger partial charge in [0.25, 0.3) is 0 Å². The minimum atomic E-state index is -5.01. The Balaban J connectivity index is 3.28. The van der Waals surface area contributed by atoms with E-state index in [2.05, 4.69) is 4.74 Å². The third-order valence-corrected chi connectivity index (χ3v) is 2.22. The molecule has 0 aliphatic carbocycles. The lowest BCUT2D eigenvalue weighted by Crippen LogP contribution is -2.23. The van der Waals surface area contributed by atoms with Crippen molar-refractivity contribution in [1.82, 2.24) is 0 Å². The van der Waals surface area contributed by atoms with Crippen molar-refractivity contribution in [2.75, 3.05) is 0 Å². The summed E-state index contributed by atoms with van der Waals surface area (Å²) in [5.41, 5.74) is -3.14. The standard InChI is InChI=1S/C11H8F6O3/c1-5(9(18)19)20-8-3-6(10(12,13)14)2-7(4-8)11(15,16)17/h2-5H,1H3,(H,18,19). The zero-order chi connectivity index (χ0) is 15.7. The number of hydrogen-bond acceptors (Lipinski definition) is 2. The molecule has 0 radical (unpaired) electrons. The summed E-state index contributed by atoms with van der Waals surface area (Å²) in [4.78, 5) is 10.5. The van der Waals surface area contributed by atoms with E-state index in [-0.39, 0.29) is 6.07 Å². The molecule has 1 N–H and O–H groups in total. The number of carboxylic acids is 1. The quantitative estimate of drug-likeness (QED) is 0.868. The molecule has 0 aliphatic rings. The van der Waals surface area contributed by atoms with Crippen LogP contribution in [-0.2, 0) is 17.1 Å². The molecule has 20 heavy (non-hydrogen) atoms. The van der Waals surface area contributed by atoms with Crippen LogP contribution in [0.4, 0.5) is 26.3 Å². The van der Waals surface area contributed by atoms with E-state index in [1.165, 1.54) is 0 Å². The molecule has 1 unspecified atom stereocenters. The second-order valence-corrected chi connectivity index (χ2v) is 3.84. The summed E-state index contributed by atoms with van der Waals surface area (Å²) in [5.74, 6) is -2.34. The van der Waals surface area contributed by atoms with Gasteiger partial charge in [-0.3, -0.25) is 0 Å². The van der Waals surface area contributed by atoms with Gasteiger partial charge in [-0.2, -0.15) is 26.3 Å². The molecule has 1 aromatic rings. The van der Waals surface area contributed by atoms with E-state index >= 15 is 0 Å². The fourth-order valence-electron chi connectivity index (χ4n) is 1.25. The highest BCUT2D eigenvalue weighted by Gasteiger charge is 2.37. The molecule has 0 heterocycles. The lowest BCUT2D eigenvalue weighted by Gasteiger charge is -2.16. The monoisotopic (exact) mass is 302 g/mol. The van der Waals surface area contributed by atoms with Crippen molar-refractivity contribution >= 4 is 5.97 Å². The predicted molar refractivity (Wildman–Crippen MR) is 54.2 cm³/mol. The van der Waals surface area contributed by atoms with Gasteiger partial charge in [0.2, 0.25) is 0 Å². The molecule has 0 saturated heterocycles. The Labute approximate surface area is 108 Å². The Morgan fingerprint density at radius 2 is 1.45 bits per heavy atom. The maximum Gasteiger partial charge on any atom is 0.416 e. The Hall–Kier alpha value is -1.93. The van der Waals surface area contributed by atoms with E-state index in [4.69, 9.17) is 5.11 Å². The summed E-state index contributed by atoms with van der Waals surface area (Å²) in [6.45, 7) is 0.982. The van der Waals surface area contributed by atoms with Crippen molar-refractivity contribution in [1.29, 1.82) is 0 Å². The van der Waals surface area contributed by atoms with E-state index < -0.39 is 41.3 Å². The average Bonchev–Trinajstić information content (AvgIpc) is 2.26. The summed E-state index contributed by atoms with van der Waals surface area (Å²) >= 11 is 0. The van der Waals surface area contributed by atoms with Crippen LogP contribution in [0.25, 0.3) is 0 Å². The lowest BCUT2D eigenvalue weighted by atomic mass is 10.1. The Kier molecular flexibility index (Phi) is 4.21. The topological polar surface area (TPSA) is 46.5 Å². The molecule has 112 valence electrons. The summed E-state index contributed by atoms with van der Waals surface area (Å²) < 4.78 is 79.5. The van der Waals surface area contributed by atoms with Gasteiger partial charge in [-0.05, 0) is 25.1 Å². The molecule has 0 aromatic heterocycles. The normalized spacial score (nSPS) is 13.9.